The Hall–Kier alpha value is -1.25. The number of hydrogen-bond acceptors (Lipinski definition) is 3. The average Bonchev–Trinajstić information content (AvgIpc) is 2.89. The minimum atomic E-state index is -0.126. The second kappa shape index (κ2) is 7.37. The standard InChI is InChI=1S/C16H25NO2/c1-2-19-16(18)14-9-6-10-15(14)17-12-11-13-7-4-3-5-8-13/h7,17H,2-6,8-12H2,1H3. The van der Waals surface area contributed by atoms with Crippen LogP contribution in [0.3, 0.4) is 0 Å². The molecule has 19 heavy (non-hydrogen) atoms. The lowest BCUT2D eigenvalue weighted by Gasteiger charge is -2.14. The molecule has 106 valence electrons. The smallest absolute Gasteiger partial charge is 0.335 e. The third-order valence-electron chi connectivity index (χ3n) is 3.91. The molecule has 0 aliphatic heterocycles. The van der Waals surface area contributed by atoms with Gasteiger partial charge in [-0.15, -0.1) is 0 Å². The summed E-state index contributed by atoms with van der Waals surface area (Å²) in [4.78, 5) is 11.8. The van der Waals surface area contributed by atoms with Gasteiger partial charge in [-0.3, -0.25) is 0 Å². The Morgan fingerprint density at radius 3 is 2.89 bits per heavy atom. The van der Waals surface area contributed by atoms with Crippen LogP contribution in [0, 0.1) is 0 Å². The highest BCUT2D eigenvalue weighted by molar-refractivity contribution is 5.89. The van der Waals surface area contributed by atoms with Crippen LogP contribution in [0.2, 0.25) is 0 Å². The molecule has 2 aliphatic carbocycles. The summed E-state index contributed by atoms with van der Waals surface area (Å²) < 4.78 is 5.10. The summed E-state index contributed by atoms with van der Waals surface area (Å²) in [6, 6.07) is 0. The Morgan fingerprint density at radius 2 is 2.16 bits per heavy atom. The Balaban J connectivity index is 1.81. The van der Waals surface area contributed by atoms with E-state index in [0.717, 1.165) is 43.5 Å². The summed E-state index contributed by atoms with van der Waals surface area (Å²) in [5.41, 5.74) is 3.57. The number of ether oxygens (including phenoxy) is 1. The second-order valence-corrected chi connectivity index (χ2v) is 5.32. The number of esters is 1. The Morgan fingerprint density at radius 1 is 1.26 bits per heavy atom. The number of nitrogens with one attached hydrogen (secondary N) is 1. The van der Waals surface area contributed by atoms with E-state index in [-0.39, 0.29) is 5.97 Å². The summed E-state index contributed by atoms with van der Waals surface area (Å²) in [6.45, 7) is 3.27. The molecule has 0 unspecified atom stereocenters. The maximum absolute atomic E-state index is 11.8. The first-order valence-corrected chi connectivity index (χ1v) is 7.62. The van der Waals surface area contributed by atoms with Crippen LogP contribution in [0.25, 0.3) is 0 Å². The topological polar surface area (TPSA) is 38.3 Å². The van der Waals surface area contributed by atoms with Gasteiger partial charge < -0.3 is 10.1 Å². The predicted molar refractivity (Wildman–Crippen MR) is 76.7 cm³/mol. The van der Waals surface area contributed by atoms with Gasteiger partial charge in [-0.05, 0) is 58.3 Å². The molecule has 0 aromatic carbocycles. The van der Waals surface area contributed by atoms with Crippen molar-refractivity contribution in [2.45, 2.75) is 58.3 Å². The van der Waals surface area contributed by atoms with E-state index >= 15 is 0 Å². The van der Waals surface area contributed by atoms with Crippen molar-refractivity contribution in [3.05, 3.63) is 22.9 Å². The van der Waals surface area contributed by atoms with Crippen molar-refractivity contribution in [3.63, 3.8) is 0 Å². The molecular weight excluding hydrogens is 238 g/mol. The van der Waals surface area contributed by atoms with Crippen LogP contribution in [0.1, 0.15) is 58.3 Å². The van der Waals surface area contributed by atoms with Gasteiger partial charge in [0.1, 0.15) is 0 Å². The zero-order valence-corrected chi connectivity index (χ0v) is 12.0. The lowest BCUT2D eigenvalue weighted by molar-refractivity contribution is -0.138. The Labute approximate surface area is 116 Å². The van der Waals surface area contributed by atoms with Crippen LogP contribution in [0.15, 0.2) is 22.9 Å². The molecule has 3 heteroatoms. The van der Waals surface area contributed by atoms with Crippen molar-refractivity contribution in [1.82, 2.24) is 5.32 Å². The first-order chi connectivity index (χ1) is 9.31. The van der Waals surface area contributed by atoms with Gasteiger partial charge in [0.25, 0.3) is 0 Å². The van der Waals surface area contributed by atoms with Gasteiger partial charge in [-0.2, -0.15) is 0 Å². The van der Waals surface area contributed by atoms with Crippen LogP contribution in [-0.4, -0.2) is 19.1 Å². The summed E-state index contributed by atoms with van der Waals surface area (Å²) in [7, 11) is 0. The fourth-order valence-electron chi connectivity index (χ4n) is 2.89. The van der Waals surface area contributed by atoms with Crippen LogP contribution >= 0.6 is 0 Å². The third-order valence-corrected chi connectivity index (χ3v) is 3.91. The van der Waals surface area contributed by atoms with Crippen molar-refractivity contribution < 1.29 is 9.53 Å². The number of hydrogen-bond donors (Lipinski definition) is 1. The molecule has 0 spiro atoms. The molecule has 0 bridgehead atoms. The van der Waals surface area contributed by atoms with Crippen molar-refractivity contribution >= 4 is 5.97 Å². The van der Waals surface area contributed by atoms with Crippen LogP contribution in [0.5, 0.6) is 0 Å². The first-order valence-electron chi connectivity index (χ1n) is 7.62. The normalized spacial score (nSPS) is 19.3. The summed E-state index contributed by atoms with van der Waals surface area (Å²) in [5, 5.41) is 3.46. The lowest BCUT2D eigenvalue weighted by atomic mass is 9.97. The summed E-state index contributed by atoms with van der Waals surface area (Å²) in [5.74, 6) is -0.126. The first kappa shape index (κ1) is 14.2. The Bertz CT molecular complexity index is 382. The SMILES string of the molecule is CCOC(=O)C1=C(NCCC2=CCCCC2)CCC1. The molecule has 1 N–H and O–H groups in total. The number of rotatable bonds is 6. The maximum Gasteiger partial charge on any atom is 0.335 e. The fraction of sp³-hybridized carbons (Fsp3) is 0.688. The zero-order valence-electron chi connectivity index (χ0n) is 12.0. The summed E-state index contributed by atoms with van der Waals surface area (Å²) in [6.07, 6.45) is 11.6. The molecule has 0 amide bonds. The molecule has 3 nitrogen and oxygen atoms in total. The molecule has 0 fully saturated rings. The molecule has 0 aromatic heterocycles. The van der Waals surface area contributed by atoms with E-state index in [1.807, 2.05) is 6.92 Å². The average molecular weight is 263 g/mol. The van der Waals surface area contributed by atoms with E-state index in [1.165, 1.54) is 25.7 Å². The molecule has 2 rings (SSSR count). The highest BCUT2D eigenvalue weighted by Crippen LogP contribution is 2.25. The van der Waals surface area contributed by atoms with Gasteiger partial charge in [-0.1, -0.05) is 11.6 Å². The third kappa shape index (κ3) is 4.12. The van der Waals surface area contributed by atoms with Crippen LogP contribution < -0.4 is 5.32 Å². The fourth-order valence-corrected chi connectivity index (χ4v) is 2.89. The number of allylic oxidation sites excluding steroid dienone is 2. The molecule has 2 aliphatic rings. The van der Waals surface area contributed by atoms with E-state index in [1.54, 1.807) is 5.57 Å². The molecule has 0 heterocycles. The van der Waals surface area contributed by atoms with Crippen molar-refractivity contribution in [3.8, 4) is 0 Å². The molecule has 0 radical (unpaired) electrons. The summed E-state index contributed by atoms with van der Waals surface area (Å²) >= 11 is 0. The number of carbonyl (C=O) groups is 1. The minimum Gasteiger partial charge on any atom is -0.463 e. The zero-order chi connectivity index (χ0) is 13.5. The van der Waals surface area contributed by atoms with E-state index < -0.39 is 0 Å². The monoisotopic (exact) mass is 263 g/mol. The van der Waals surface area contributed by atoms with Gasteiger partial charge in [-0.25, -0.2) is 4.79 Å². The van der Waals surface area contributed by atoms with Gasteiger partial charge in [0.15, 0.2) is 0 Å². The van der Waals surface area contributed by atoms with E-state index in [0.29, 0.717) is 6.61 Å². The highest BCUT2D eigenvalue weighted by atomic mass is 16.5. The highest BCUT2D eigenvalue weighted by Gasteiger charge is 2.21. The van der Waals surface area contributed by atoms with Gasteiger partial charge in [0.2, 0.25) is 0 Å². The molecular formula is C16H25NO2. The van der Waals surface area contributed by atoms with E-state index in [4.69, 9.17) is 4.74 Å². The molecule has 0 saturated heterocycles. The minimum absolute atomic E-state index is 0.126. The maximum atomic E-state index is 11.8. The van der Waals surface area contributed by atoms with Crippen molar-refractivity contribution in [2.24, 2.45) is 0 Å². The van der Waals surface area contributed by atoms with Crippen LogP contribution in [0.4, 0.5) is 0 Å². The molecule has 0 saturated carbocycles. The molecule has 0 atom stereocenters. The predicted octanol–water partition coefficient (Wildman–Crippen LogP) is 3.47. The van der Waals surface area contributed by atoms with Gasteiger partial charge >= 0.3 is 5.97 Å². The second-order valence-electron chi connectivity index (χ2n) is 5.32. The largest absolute Gasteiger partial charge is 0.463 e. The quantitative estimate of drug-likeness (QED) is 0.589. The van der Waals surface area contributed by atoms with E-state index in [9.17, 15) is 4.79 Å². The van der Waals surface area contributed by atoms with Crippen molar-refractivity contribution in [1.29, 1.82) is 0 Å². The number of carbonyl (C=O) groups excluding carboxylic acids is 1. The Kier molecular flexibility index (Phi) is 5.49. The van der Waals surface area contributed by atoms with Gasteiger partial charge in [0.05, 0.1) is 12.2 Å². The van der Waals surface area contributed by atoms with Crippen LogP contribution in [-0.2, 0) is 9.53 Å². The van der Waals surface area contributed by atoms with E-state index in [2.05, 4.69) is 11.4 Å². The van der Waals surface area contributed by atoms with Crippen molar-refractivity contribution in [2.75, 3.05) is 13.2 Å². The van der Waals surface area contributed by atoms with Gasteiger partial charge in [0, 0.05) is 12.2 Å². The molecule has 0 aromatic rings. The lowest BCUT2D eigenvalue weighted by Crippen LogP contribution is -2.18.